The first-order valence-electron chi connectivity index (χ1n) is 8.49. The highest BCUT2D eigenvalue weighted by molar-refractivity contribution is 6.36. The Kier molecular flexibility index (Phi) is 3.80. The van der Waals surface area contributed by atoms with Gasteiger partial charge in [-0.1, -0.05) is 0 Å². The number of hydrazine groups is 1. The van der Waals surface area contributed by atoms with Crippen LogP contribution in [0.25, 0.3) is 11.6 Å². The predicted molar refractivity (Wildman–Crippen MR) is 97.9 cm³/mol. The number of aromatic nitrogens is 1. The lowest BCUT2D eigenvalue weighted by Crippen LogP contribution is -2.43. The van der Waals surface area contributed by atoms with Gasteiger partial charge in [0.1, 0.15) is 0 Å². The average Bonchev–Trinajstić information content (AvgIpc) is 3.33. The maximum absolute atomic E-state index is 12.9. The minimum absolute atomic E-state index is 0.224. The van der Waals surface area contributed by atoms with Crippen molar-refractivity contribution >= 4 is 34.8 Å². The van der Waals surface area contributed by atoms with Crippen molar-refractivity contribution < 1.29 is 9.59 Å². The van der Waals surface area contributed by atoms with Gasteiger partial charge in [-0.2, -0.15) is 0 Å². The molecule has 2 aliphatic rings. The Bertz CT molecular complexity index is 848. The van der Waals surface area contributed by atoms with Gasteiger partial charge in [-0.3, -0.25) is 15.0 Å². The summed E-state index contributed by atoms with van der Waals surface area (Å²) in [5, 5.41) is 1.33. The lowest BCUT2D eigenvalue weighted by atomic mass is 10.0. The SMILES string of the molecule is CC(=O)NN1C(=O)C(=Cc2ccc[nH]2)c2cc(N3CCCC3)ccc21. The third kappa shape index (κ3) is 2.80. The monoisotopic (exact) mass is 336 g/mol. The molecule has 0 radical (unpaired) electrons. The van der Waals surface area contributed by atoms with Crippen LogP contribution in [0.2, 0.25) is 0 Å². The number of hydrogen-bond acceptors (Lipinski definition) is 3. The number of carbonyl (C=O) groups excluding carboxylic acids is 2. The molecule has 2 amide bonds. The van der Waals surface area contributed by atoms with Crippen LogP contribution in [0.3, 0.4) is 0 Å². The molecule has 2 N–H and O–H groups in total. The molecule has 0 spiro atoms. The molecule has 1 aromatic carbocycles. The number of rotatable bonds is 3. The van der Waals surface area contributed by atoms with Crippen LogP contribution >= 0.6 is 0 Å². The van der Waals surface area contributed by atoms with Gasteiger partial charge >= 0.3 is 0 Å². The molecule has 0 bridgehead atoms. The van der Waals surface area contributed by atoms with Crippen LogP contribution in [0.15, 0.2) is 36.5 Å². The molecule has 0 aliphatic carbocycles. The normalized spacial score (nSPS) is 18.1. The fourth-order valence-corrected chi connectivity index (χ4v) is 3.45. The summed E-state index contributed by atoms with van der Waals surface area (Å²) < 4.78 is 0. The molecule has 128 valence electrons. The van der Waals surface area contributed by atoms with Gasteiger partial charge in [0.05, 0.1) is 11.3 Å². The van der Waals surface area contributed by atoms with Crippen LogP contribution in [0.4, 0.5) is 11.4 Å². The Balaban J connectivity index is 1.80. The van der Waals surface area contributed by atoms with Crippen molar-refractivity contribution in [2.24, 2.45) is 0 Å². The molecule has 0 atom stereocenters. The number of H-pyrrole nitrogens is 1. The maximum atomic E-state index is 12.9. The van der Waals surface area contributed by atoms with Crippen LogP contribution in [0.5, 0.6) is 0 Å². The van der Waals surface area contributed by atoms with Gasteiger partial charge in [0.25, 0.3) is 5.91 Å². The largest absolute Gasteiger partial charge is 0.372 e. The Morgan fingerprint density at radius 3 is 2.72 bits per heavy atom. The molecular weight excluding hydrogens is 316 g/mol. The number of hydrogen-bond donors (Lipinski definition) is 2. The van der Waals surface area contributed by atoms with Crippen molar-refractivity contribution in [3.8, 4) is 0 Å². The molecule has 6 heteroatoms. The van der Waals surface area contributed by atoms with Crippen molar-refractivity contribution in [2.75, 3.05) is 23.0 Å². The fourth-order valence-electron chi connectivity index (χ4n) is 3.45. The van der Waals surface area contributed by atoms with Crippen molar-refractivity contribution in [1.29, 1.82) is 0 Å². The summed E-state index contributed by atoms with van der Waals surface area (Å²) in [6, 6.07) is 9.77. The van der Waals surface area contributed by atoms with E-state index in [4.69, 9.17) is 0 Å². The standard InChI is InChI=1S/C19H20N4O2/c1-13(24)21-23-18-7-6-15(22-9-2-3-10-22)12-16(18)17(19(23)25)11-14-5-4-8-20-14/h4-8,11-12,20H,2-3,9-10H2,1H3,(H,21,24). The van der Waals surface area contributed by atoms with Crippen molar-refractivity contribution in [3.63, 3.8) is 0 Å². The van der Waals surface area contributed by atoms with E-state index in [0.717, 1.165) is 30.0 Å². The second-order valence-corrected chi connectivity index (χ2v) is 6.39. The van der Waals surface area contributed by atoms with E-state index in [2.05, 4.69) is 21.4 Å². The Hall–Kier alpha value is -3.02. The molecule has 0 unspecified atom stereocenters. The molecular formula is C19H20N4O2. The van der Waals surface area contributed by atoms with Crippen molar-refractivity contribution in [3.05, 3.63) is 47.8 Å². The summed E-state index contributed by atoms with van der Waals surface area (Å²) in [7, 11) is 0. The number of benzene rings is 1. The summed E-state index contributed by atoms with van der Waals surface area (Å²) in [6.07, 6.45) is 6.04. The smallest absolute Gasteiger partial charge is 0.277 e. The van der Waals surface area contributed by atoms with Gasteiger partial charge in [0.2, 0.25) is 5.91 Å². The van der Waals surface area contributed by atoms with Crippen LogP contribution in [-0.4, -0.2) is 29.9 Å². The molecule has 1 saturated heterocycles. The molecule has 1 fully saturated rings. The zero-order valence-corrected chi connectivity index (χ0v) is 14.1. The summed E-state index contributed by atoms with van der Waals surface area (Å²) in [4.78, 5) is 29.8. The Labute approximate surface area is 146 Å². The van der Waals surface area contributed by atoms with Gasteiger partial charge < -0.3 is 9.88 Å². The van der Waals surface area contributed by atoms with Gasteiger partial charge in [0, 0.05) is 43.2 Å². The number of amides is 2. The molecule has 3 heterocycles. The highest BCUT2D eigenvalue weighted by atomic mass is 16.2. The van der Waals surface area contributed by atoms with Crippen molar-refractivity contribution in [1.82, 2.24) is 10.4 Å². The van der Waals surface area contributed by atoms with Gasteiger partial charge in [-0.25, -0.2) is 5.01 Å². The van der Waals surface area contributed by atoms with Crippen LogP contribution in [0.1, 0.15) is 31.0 Å². The number of fused-ring (bicyclic) bond motifs is 1. The molecule has 25 heavy (non-hydrogen) atoms. The first kappa shape index (κ1) is 15.5. The molecule has 1 aromatic heterocycles. The van der Waals surface area contributed by atoms with E-state index in [1.807, 2.05) is 36.5 Å². The average molecular weight is 336 g/mol. The highest BCUT2D eigenvalue weighted by Gasteiger charge is 2.34. The number of nitrogens with one attached hydrogen (secondary N) is 2. The third-order valence-corrected chi connectivity index (χ3v) is 4.61. The van der Waals surface area contributed by atoms with Gasteiger partial charge in [-0.15, -0.1) is 0 Å². The lowest BCUT2D eigenvalue weighted by Gasteiger charge is -2.20. The number of anilines is 2. The third-order valence-electron chi connectivity index (χ3n) is 4.61. The maximum Gasteiger partial charge on any atom is 0.277 e. The molecule has 0 saturated carbocycles. The predicted octanol–water partition coefficient (Wildman–Crippen LogP) is 2.55. The quantitative estimate of drug-likeness (QED) is 0.847. The second-order valence-electron chi connectivity index (χ2n) is 6.39. The Morgan fingerprint density at radius 2 is 2.04 bits per heavy atom. The van der Waals surface area contributed by atoms with E-state index in [-0.39, 0.29) is 11.8 Å². The zero-order valence-electron chi connectivity index (χ0n) is 14.1. The van der Waals surface area contributed by atoms with E-state index in [9.17, 15) is 9.59 Å². The van der Waals surface area contributed by atoms with Crippen LogP contribution < -0.4 is 15.3 Å². The minimum Gasteiger partial charge on any atom is -0.372 e. The first-order valence-corrected chi connectivity index (χ1v) is 8.49. The van der Waals surface area contributed by atoms with Gasteiger partial charge in [0.15, 0.2) is 0 Å². The minimum atomic E-state index is -0.274. The van der Waals surface area contributed by atoms with E-state index < -0.39 is 0 Å². The second kappa shape index (κ2) is 6.12. The number of carbonyl (C=O) groups is 2. The summed E-state index contributed by atoms with van der Waals surface area (Å²) >= 11 is 0. The van der Waals surface area contributed by atoms with Crippen LogP contribution in [0, 0.1) is 0 Å². The Morgan fingerprint density at radius 1 is 1.24 bits per heavy atom. The van der Waals surface area contributed by atoms with E-state index >= 15 is 0 Å². The number of aromatic amines is 1. The summed E-state index contributed by atoms with van der Waals surface area (Å²) in [6.45, 7) is 3.48. The van der Waals surface area contributed by atoms with E-state index in [0.29, 0.717) is 11.3 Å². The summed E-state index contributed by atoms with van der Waals surface area (Å²) in [5.41, 5.74) is 6.73. The molecule has 4 rings (SSSR count). The van der Waals surface area contributed by atoms with Crippen molar-refractivity contribution in [2.45, 2.75) is 19.8 Å². The first-order chi connectivity index (χ1) is 12.1. The molecule has 2 aromatic rings. The fraction of sp³-hybridized carbons (Fsp3) is 0.263. The van der Waals surface area contributed by atoms with Gasteiger partial charge in [-0.05, 0) is 49.2 Å². The van der Waals surface area contributed by atoms with E-state index in [1.54, 1.807) is 0 Å². The topological polar surface area (TPSA) is 68.4 Å². The zero-order chi connectivity index (χ0) is 17.4. The molecule has 2 aliphatic heterocycles. The molecule has 6 nitrogen and oxygen atoms in total. The summed E-state index contributed by atoms with van der Waals surface area (Å²) in [5.74, 6) is -0.498. The highest BCUT2D eigenvalue weighted by Crippen LogP contribution is 2.39. The lowest BCUT2D eigenvalue weighted by molar-refractivity contribution is -0.122. The van der Waals surface area contributed by atoms with E-state index in [1.165, 1.54) is 24.8 Å². The van der Waals surface area contributed by atoms with Crippen LogP contribution in [-0.2, 0) is 9.59 Å². The number of nitrogens with zero attached hydrogens (tertiary/aromatic N) is 2.